The van der Waals surface area contributed by atoms with Crippen LogP contribution in [0, 0.1) is 5.92 Å². The van der Waals surface area contributed by atoms with E-state index in [1.807, 2.05) is 18.2 Å². The van der Waals surface area contributed by atoms with Gasteiger partial charge in [0.25, 0.3) is 0 Å². The molecule has 2 aromatic heterocycles. The third-order valence-corrected chi connectivity index (χ3v) is 8.00. The maximum Gasteiger partial charge on any atom is 0.233 e. The Balaban J connectivity index is 1.28. The second kappa shape index (κ2) is 9.17. The highest BCUT2D eigenvalue weighted by molar-refractivity contribution is 7.99. The fourth-order valence-corrected chi connectivity index (χ4v) is 5.69. The van der Waals surface area contributed by atoms with Gasteiger partial charge in [0.05, 0.1) is 5.75 Å². The van der Waals surface area contributed by atoms with Gasteiger partial charge in [-0.3, -0.25) is 4.79 Å². The lowest BCUT2D eigenvalue weighted by Crippen LogP contribution is -2.40. The van der Waals surface area contributed by atoms with Crippen LogP contribution in [0.1, 0.15) is 54.9 Å². The van der Waals surface area contributed by atoms with Gasteiger partial charge in [0, 0.05) is 29.9 Å². The molecular weight excluding hydrogens is 424 g/mol. The predicted octanol–water partition coefficient (Wildman–Crippen LogP) is 5.18. The van der Waals surface area contributed by atoms with Crippen molar-refractivity contribution < 1.29 is 4.79 Å². The van der Waals surface area contributed by atoms with Crippen LogP contribution in [0.4, 0.5) is 0 Å². The van der Waals surface area contributed by atoms with E-state index in [-0.39, 0.29) is 11.9 Å². The van der Waals surface area contributed by atoms with Gasteiger partial charge in [-0.2, -0.15) is 0 Å². The zero-order chi connectivity index (χ0) is 21.2. The first-order valence-corrected chi connectivity index (χ1v) is 13.0. The van der Waals surface area contributed by atoms with Gasteiger partial charge in [0.15, 0.2) is 5.16 Å². The minimum absolute atomic E-state index is 0.193. The number of nitrogens with zero attached hydrogens (tertiary/aromatic N) is 4. The molecule has 1 unspecified atom stereocenters. The van der Waals surface area contributed by atoms with E-state index in [2.05, 4.69) is 56.2 Å². The Labute approximate surface area is 191 Å². The molecule has 1 aromatic carbocycles. The Bertz CT molecular complexity index is 1010. The summed E-state index contributed by atoms with van der Waals surface area (Å²) in [4.78, 5) is 16.7. The highest BCUT2D eigenvalue weighted by atomic mass is 32.2. The van der Waals surface area contributed by atoms with Gasteiger partial charge in [-0.25, -0.2) is 0 Å². The van der Waals surface area contributed by atoms with Crippen molar-refractivity contribution in [2.45, 2.75) is 62.8 Å². The molecular formula is C24H28N4OS2. The molecule has 0 saturated heterocycles. The van der Waals surface area contributed by atoms with Crippen LogP contribution in [0.25, 0.3) is 0 Å². The molecule has 162 valence electrons. The molecule has 0 radical (unpaired) electrons. The molecule has 3 aromatic rings. The average Bonchev–Trinajstić information content (AvgIpc) is 3.72. The summed E-state index contributed by atoms with van der Waals surface area (Å²) in [5.41, 5.74) is 1.19. The van der Waals surface area contributed by atoms with Gasteiger partial charge in [-0.15, -0.1) is 21.5 Å². The van der Waals surface area contributed by atoms with Crippen molar-refractivity contribution in [2.75, 3.05) is 5.75 Å². The molecule has 31 heavy (non-hydrogen) atoms. The van der Waals surface area contributed by atoms with Crippen molar-refractivity contribution in [3.8, 4) is 0 Å². The summed E-state index contributed by atoms with van der Waals surface area (Å²) in [5, 5.41) is 12.0. The number of amides is 1. The second-order valence-corrected chi connectivity index (χ2v) is 10.6. The Morgan fingerprint density at radius 3 is 2.65 bits per heavy atom. The molecule has 5 nitrogen and oxygen atoms in total. The summed E-state index contributed by atoms with van der Waals surface area (Å²) in [6.07, 6.45) is 5.63. The van der Waals surface area contributed by atoms with Gasteiger partial charge >= 0.3 is 0 Å². The third kappa shape index (κ3) is 5.04. The summed E-state index contributed by atoms with van der Waals surface area (Å²) < 4.78 is 2.28. The Kier molecular flexibility index (Phi) is 6.14. The number of carbonyl (C=O) groups is 1. The maximum absolute atomic E-state index is 13.3. The van der Waals surface area contributed by atoms with Gasteiger partial charge in [0.1, 0.15) is 5.82 Å². The first-order chi connectivity index (χ1) is 15.2. The largest absolute Gasteiger partial charge is 0.335 e. The zero-order valence-electron chi connectivity index (χ0n) is 17.8. The fraction of sp³-hybridized carbons (Fsp3) is 0.458. The van der Waals surface area contributed by atoms with Crippen LogP contribution in [-0.4, -0.2) is 37.4 Å². The van der Waals surface area contributed by atoms with Crippen molar-refractivity contribution in [3.05, 3.63) is 64.1 Å². The average molecular weight is 453 g/mol. The predicted molar refractivity (Wildman–Crippen MR) is 125 cm³/mol. The summed E-state index contributed by atoms with van der Waals surface area (Å²) in [5.74, 6) is 2.27. The molecule has 2 fully saturated rings. The minimum Gasteiger partial charge on any atom is -0.335 e. The van der Waals surface area contributed by atoms with Crippen LogP contribution in [-0.2, 0) is 17.8 Å². The summed E-state index contributed by atoms with van der Waals surface area (Å²) >= 11 is 3.30. The molecule has 5 rings (SSSR count). The van der Waals surface area contributed by atoms with Crippen LogP contribution in [0.5, 0.6) is 0 Å². The van der Waals surface area contributed by atoms with Crippen LogP contribution >= 0.6 is 23.1 Å². The van der Waals surface area contributed by atoms with Gasteiger partial charge in [0.2, 0.25) is 5.91 Å². The lowest BCUT2D eigenvalue weighted by molar-refractivity contribution is -0.131. The molecule has 0 N–H and O–H groups in total. The SMILES string of the molecule is CC(C1CC1)N(Cc1ccccc1)C(=O)CSc1nnc(Cc2cccs2)n1C1CC1. The summed E-state index contributed by atoms with van der Waals surface area (Å²) in [6, 6.07) is 15.3. The van der Waals surface area contributed by atoms with Gasteiger partial charge in [-0.1, -0.05) is 48.2 Å². The van der Waals surface area contributed by atoms with Crippen molar-refractivity contribution in [2.24, 2.45) is 5.92 Å². The molecule has 2 aliphatic carbocycles. The first-order valence-electron chi connectivity index (χ1n) is 11.1. The van der Waals surface area contributed by atoms with Crippen molar-refractivity contribution in [1.82, 2.24) is 19.7 Å². The molecule has 1 amide bonds. The van der Waals surface area contributed by atoms with Gasteiger partial charge < -0.3 is 9.47 Å². The summed E-state index contributed by atoms with van der Waals surface area (Å²) in [6.45, 7) is 2.88. The zero-order valence-corrected chi connectivity index (χ0v) is 19.4. The molecule has 2 heterocycles. The number of thiophene rings is 1. The number of hydrogen-bond acceptors (Lipinski definition) is 5. The molecule has 1 atom stereocenters. The number of hydrogen-bond donors (Lipinski definition) is 0. The number of aromatic nitrogens is 3. The monoisotopic (exact) mass is 452 g/mol. The highest BCUT2D eigenvalue weighted by Crippen LogP contribution is 2.40. The Morgan fingerprint density at radius 1 is 1.16 bits per heavy atom. The van der Waals surface area contributed by atoms with Crippen molar-refractivity contribution in [1.29, 1.82) is 0 Å². The van der Waals surface area contributed by atoms with E-state index in [0.29, 0.717) is 24.3 Å². The number of rotatable bonds is 10. The fourth-order valence-electron chi connectivity index (χ4n) is 4.08. The van der Waals surface area contributed by atoms with Crippen LogP contribution in [0.15, 0.2) is 53.0 Å². The Morgan fingerprint density at radius 2 is 1.97 bits per heavy atom. The standard InChI is InChI=1S/C24H28N4OS2/c1-17(19-9-10-19)27(15-18-6-3-2-4-7-18)23(29)16-31-24-26-25-22(28(24)20-11-12-20)14-21-8-5-13-30-21/h2-8,13,17,19-20H,9-12,14-16H2,1H3. The van der Waals surface area contributed by atoms with E-state index in [9.17, 15) is 4.79 Å². The summed E-state index contributed by atoms with van der Waals surface area (Å²) in [7, 11) is 0. The minimum atomic E-state index is 0.193. The molecule has 2 saturated carbocycles. The number of carbonyl (C=O) groups excluding carboxylic acids is 1. The van der Waals surface area contributed by atoms with E-state index >= 15 is 0 Å². The first kappa shape index (κ1) is 20.8. The lowest BCUT2D eigenvalue weighted by atomic mass is 10.1. The Hall–Kier alpha value is -2.12. The van der Waals surface area contributed by atoms with E-state index in [1.165, 1.54) is 36.1 Å². The van der Waals surface area contributed by atoms with E-state index in [4.69, 9.17) is 0 Å². The maximum atomic E-state index is 13.3. The van der Waals surface area contributed by atoms with Crippen molar-refractivity contribution in [3.63, 3.8) is 0 Å². The van der Waals surface area contributed by atoms with Crippen LogP contribution < -0.4 is 0 Å². The molecule has 0 spiro atoms. The molecule has 0 aliphatic heterocycles. The van der Waals surface area contributed by atoms with E-state index in [1.54, 1.807) is 23.1 Å². The van der Waals surface area contributed by atoms with Gasteiger partial charge in [-0.05, 0) is 55.5 Å². The van der Waals surface area contributed by atoms with Crippen molar-refractivity contribution >= 4 is 29.0 Å². The highest BCUT2D eigenvalue weighted by Gasteiger charge is 2.35. The number of thioether (sulfide) groups is 1. The molecule has 0 bridgehead atoms. The second-order valence-electron chi connectivity index (χ2n) is 8.63. The van der Waals surface area contributed by atoms with E-state index < -0.39 is 0 Å². The number of benzene rings is 1. The van der Waals surface area contributed by atoms with E-state index in [0.717, 1.165) is 17.4 Å². The quantitative estimate of drug-likeness (QED) is 0.398. The van der Waals surface area contributed by atoms with Crippen LogP contribution in [0.3, 0.4) is 0 Å². The molecule has 7 heteroatoms. The smallest absolute Gasteiger partial charge is 0.233 e. The third-order valence-electron chi connectivity index (χ3n) is 6.20. The van der Waals surface area contributed by atoms with Crippen LogP contribution in [0.2, 0.25) is 0 Å². The lowest BCUT2D eigenvalue weighted by Gasteiger charge is -2.29. The normalized spacial score (nSPS) is 16.9. The molecule has 2 aliphatic rings. The topological polar surface area (TPSA) is 51.0 Å².